The average molecular weight is 180 g/mol. The highest BCUT2D eigenvalue weighted by Crippen LogP contribution is 2.50. The van der Waals surface area contributed by atoms with Gasteiger partial charge in [0, 0.05) is 0 Å². The van der Waals surface area contributed by atoms with Crippen LogP contribution in [0.25, 0.3) is 0 Å². The zero-order chi connectivity index (χ0) is 8.93. The van der Waals surface area contributed by atoms with Gasteiger partial charge in [-0.25, -0.2) is 0 Å². The molecule has 1 heterocycles. The fourth-order valence-electron chi connectivity index (χ4n) is 2.32. The molecule has 66 valence electrons. The molecule has 0 amide bonds. The summed E-state index contributed by atoms with van der Waals surface area (Å²) in [6, 6.07) is 2.74. The van der Waals surface area contributed by atoms with E-state index in [1.54, 1.807) is 0 Å². The van der Waals surface area contributed by atoms with Crippen molar-refractivity contribution in [3.8, 4) is 6.07 Å². The molecule has 0 radical (unpaired) electrons. The van der Waals surface area contributed by atoms with Crippen LogP contribution in [-0.4, -0.2) is 25.4 Å². The molecule has 2 rings (SSSR count). The summed E-state index contributed by atoms with van der Waals surface area (Å²) in [6.45, 7) is 8.21. The van der Waals surface area contributed by atoms with Gasteiger partial charge in [0.2, 0.25) is 0 Å². The predicted octanol–water partition coefficient (Wildman–Crippen LogP) is 1.67. The maximum atomic E-state index is 9.03. The van der Waals surface area contributed by atoms with Crippen LogP contribution in [0.2, 0.25) is 19.6 Å². The van der Waals surface area contributed by atoms with Crippen molar-refractivity contribution in [3.05, 3.63) is 0 Å². The normalized spacial score (nSPS) is 40.7. The van der Waals surface area contributed by atoms with E-state index < -0.39 is 8.24 Å². The molecule has 0 aromatic carbocycles. The molecule has 12 heavy (non-hydrogen) atoms. The summed E-state index contributed by atoms with van der Waals surface area (Å²) in [5.74, 6) is 1.61. The second-order valence-electron chi connectivity index (χ2n) is 5.06. The Bertz CT molecular complexity index is 238. The Morgan fingerprint density at radius 1 is 1.42 bits per heavy atom. The maximum Gasteiger partial charge on any atom is 0.120 e. The molecule has 1 saturated heterocycles. The van der Waals surface area contributed by atoms with Crippen molar-refractivity contribution in [1.29, 1.82) is 5.26 Å². The summed E-state index contributed by atoms with van der Waals surface area (Å²) in [5.41, 5.74) is 0. The van der Waals surface area contributed by atoms with Gasteiger partial charge in [0.15, 0.2) is 0 Å². The minimum Gasteiger partial charge on any atom is -0.309 e. The summed E-state index contributed by atoms with van der Waals surface area (Å²) >= 11 is 0. The predicted molar refractivity (Wildman–Crippen MR) is 51.1 cm³/mol. The highest BCUT2D eigenvalue weighted by Gasteiger charge is 2.55. The Kier molecular flexibility index (Phi) is 1.61. The largest absolute Gasteiger partial charge is 0.309 e. The summed E-state index contributed by atoms with van der Waals surface area (Å²) < 4.78 is 2.49. The van der Waals surface area contributed by atoms with E-state index in [0.717, 1.165) is 11.8 Å². The Hall–Kier alpha value is -0.333. The SMILES string of the molecule is C[Si](C)(C)N1CC2CC2C1C#N. The van der Waals surface area contributed by atoms with Gasteiger partial charge in [-0.3, -0.25) is 0 Å². The van der Waals surface area contributed by atoms with Gasteiger partial charge in [-0.15, -0.1) is 0 Å². The molecule has 2 nitrogen and oxygen atoms in total. The Labute approximate surface area is 75.3 Å². The average Bonchev–Trinajstić information content (AvgIpc) is 2.61. The molecule has 2 aliphatic rings. The van der Waals surface area contributed by atoms with E-state index in [0.29, 0.717) is 0 Å². The van der Waals surface area contributed by atoms with Crippen LogP contribution in [0, 0.1) is 23.2 Å². The molecular weight excluding hydrogens is 164 g/mol. The van der Waals surface area contributed by atoms with Gasteiger partial charge in [0.1, 0.15) is 8.24 Å². The zero-order valence-corrected chi connectivity index (χ0v) is 9.04. The monoisotopic (exact) mass is 180 g/mol. The molecule has 3 unspecified atom stereocenters. The fraction of sp³-hybridized carbons (Fsp3) is 0.889. The van der Waals surface area contributed by atoms with Crippen LogP contribution in [-0.2, 0) is 0 Å². The molecule has 3 atom stereocenters. The van der Waals surface area contributed by atoms with E-state index in [-0.39, 0.29) is 6.04 Å². The van der Waals surface area contributed by atoms with Gasteiger partial charge >= 0.3 is 0 Å². The van der Waals surface area contributed by atoms with E-state index >= 15 is 0 Å². The van der Waals surface area contributed by atoms with Gasteiger partial charge in [-0.2, -0.15) is 5.26 Å². The number of nitrogens with zero attached hydrogens (tertiary/aromatic N) is 2. The highest BCUT2D eigenvalue weighted by molar-refractivity contribution is 6.73. The van der Waals surface area contributed by atoms with Crippen molar-refractivity contribution < 1.29 is 0 Å². The summed E-state index contributed by atoms with van der Waals surface area (Å²) in [7, 11) is -1.21. The molecule has 3 heteroatoms. The van der Waals surface area contributed by atoms with E-state index in [1.165, 1.54) is 13.0 Å². The van der Waals surface area contributed by atoms with Crippen LogP contribution in [0.1, 0.15) is 6.42 Å². The molecule has 2 fully saturated rings. The lowest BCUT2D eigenvalue weighted by atomic mass is 10.2. The minimum absolute atomic E-state index is 0.265. The van der Waals surface area contributed by atoms with E-state index in [1.807, 2.05) is 0 Å². The Morgan fingerprint density at radius 3 is 2.50 bits per heavy atom. The van der Waals surface area contributed by atoms with Gasteiger partial charge in [-0.1, -0.05) is 19.6 Å². The van der Waals surface area contributed by atoms with Crippen LogP contribution in [0.5, 0.6) is 0 Å². The first-order chi connectivity index (χ1) is 5.54. The topological polar surface area (TPSA) is 27.0 Å². The second kappa shape index (κ2) is 2.33. The van der Waals surface area contributed by atoms with E-state index in [9.17, 15) is 0 Å². The number of rotatable bonds is 1. The zero-order valence-electron chi connectivity index (χ0n) is 8.04. The Balaban J connectivity index is 2.14. The summed E-state index contributed by atoms with van der Waals surface area (Å²) in [5, 5.41) is 9.03. The third kappa shape index (κ3) is 1.10. The number of hydrogen-bond acceptors (Lipinski definition) is 2. The summed E-state index contributed by atoms with van der Waals surface area (Å²) in [6.07, 6.45) is 1.32. The maximum absolute atomic E-state index is 9.03. The van der Waals surface area contributed by atoms with Crippen molar-refractivity contribution in [2.24, 2.45) is 11.8 Å². The standard InChI is InChI=1S/C9H16N2Si/c1-12(2,3)11-6-7-4-8(7)9(11)5-10/h7-9H,4,6H2,1-3H3. The molecule has 1 aliphatic heterocycles. The number of fused-ring (bicyclic) bond motifs is 1. The lowest BCUT2D eigenvalue weighted by molar-refractivity contribution is 0.403. The van der Waals surface area contributed by atoms with Crippen molar-refractivity contribution in [2.45, 2.75) is 32.1 Å². The van der Waals surface area contributed by atoms with Crippen LogP contribution in [0.3, 0.4) is 0 Å². The lowest BCUT2D eigenvalue weighted by Gasteiger charge is -2.34. The molecule has 0 bridgehead atoms. The number of nitriles is 1. The van der Waals surface area contributed by atoms with Crippen molar-refractivity contribution >= 4 is 8.24 Å². The smallest absolute Gasteiger partial charge is 0.120 e. The molecule has 1 saturated carbocycles. The Morgan fingerprint density at radius 2 is 2.08 bits per heavy atom. The molecule has 1 aliphatic carbocycles. The summed E-state index contributed by atoms with van der Waals surface area (Å²) in [4.78, 5) is 0. The van der Waals surface area contributed by atoms with E-state index in [2.05, 4.69) is 30.3 Å². The van der Waals surface area contributed by atoms with Gasteiger partial charge in [0.05, 0.1) is 12.1 Å². The van der Waals surface area contributed by atoms with Crippen LogP contribution in [0.4, 0.5) is 0 Å². The third-order valence-electron chi connectivity index (χ3n) is 3.14. The second-order valence-corrected chi connectivity index (χ2v) is 9.97. The number of piperidine rings is 1. The van der Waals surface area contributed by atoms with Gasteiger partial charge < -0.3 is 4.57 Å². The van der Waals surface area contributed by atoms with Crippen LogP contribution >= 0.6 is 0 Å². The first-order valence-corrected chi connectivity index (χ1v) is 8.15. The first kappa shape index (κ1) is 8.27. The molecular formula is C9H16N2Si. The molecule has 0 spiro atoms. The molecule has 0 aromatic heterocycles. The van der Waals surface area contributed by atoms with Crippen LogP contribution in [0.15, 0.2) is 0 Å². The molecule has 0 N–H and O–H groups in total. The third-order valence-corrected chi connectivity index (χ3v) is 5.33. The van der Waals surface area contributed by atoms with Crippen LogP contribution < -0.4 is 0 Å². The quantitative estimate of drug-likeness (QED) is 0.574. The van der Waals surface area contributed by atoms with E-state index in [4.69, 9.17) is 5.26 Å². The molecule has 0 aromatic rings. The van der Waals surface area contributed by atoms with Crippen molar-refractivity contribution in [3.63, 3.8) is 0 Å². The van der Waals surface area contributed by atoms with Gasteiger partial charge in [-0.05, 0) is 24.8 Å². The first-order valence-electron chi connectivity index (χ1n) is 4.70. The fourth-order valence-corrected chi connectivity index (χ4v) is 4.19. The van der Waals surface area contributed by atoms with Gasteiger partial charge in [0.25, 0.3) is 0 Å². The minimum atomic E-state index is -1.21. The lowest BCUT2D eigenvalue weighted by Crippen LogP contribution is -2.50. The van der Waals surface area contributed by atoms with Crippen molar-refractivity contribution in [1.82, 2.24) is 4.57 Å². The highest BCUT2D eigenvalue weighted by atomic mass is 28.3. The van der Waals surface area contributed by atoms with Crippen molar-refractivity contribution in [2.75, 3.05) is 6.54 Å². The number of hydrogen-bond donors (Lipinski definition) is 0.